The van der Waals surface area contributed by atoms with E-state index in [-0.39, 0.29) is 11.2 Å². The minimum Gasteiger partial charge on any atom is -0.382 e. The monoisotopic (exact) mass is 270 g/mol. The van der Waals surface area contributed by atoms with Crippen molar-refractivity contribution < 1.29 is 9.53 Å². The molecule has 100 valence electrons. The second-order valence-corrected chi connectivity index (χ2v) is 5.69. The molecule has 1 aliphatic heterocycles. The summed E-state index contributed by atoms with van der Waals surface area (Å²) in [6.07, 6.45) is 2.00. The smallest absolute Gasteiger partial charge is 0.255 e. The van der Waals surface area contributed by atoms with Crippen LogP contribution in [0.15, 0.2) is 0 Å². The molecule has 5 N–H and O–H groups in total. The van der Waals surface area contributed by atoms with Crippen molar-refractivity contribution in [2.24, 2.45) is 11.1 Å². The van der Waals surface area contributed by atoms with Crippen LogP contribution in [0, 0.1) is 5.41 Å². The van der Waals surface area contributed by atoms with Crippen molar-refractivity contribution in [2.75, 3.05) is 30.8 Å². The molecular weight excluding hydrogens is 252 g/mol. The van der Waals surface area contributed by atoms with Crippen molar-refractivity contribution in [1.82, 2.24) is 4.37 Å². The molecule has 18 heavy (non-hydrogen) atoms. The molecule has 1 aromatic heterocycles. The topological polar surface area (TPSA) is 103 Å². The van der Waals surface area contributed by atoms with Crippen LogP contribution in [0.3, 0.4) is 0 Å². The number of anilines is 2. The maximum Gasteiger partial charge on any atom is 0.255 e. The zero-order valence-corrected chi connectivity index (χ0v) is 11.2. The predicted molar refractivity (Wildman–Crippen MR) is 71.7 cm³/mol. The Labute approximate surface area is 110 Å². The quantitative estimate of drug-likeness (QED) is 0.759. The molecule has 1 amide bonds. The largest absolute Gasteiger partial charge is 0.382 e. The summed E-state index contributed by atoms with van der Waals surface area (Å²) in [4.78, 5) is 11.3. The van der Waals surface area contributed by atoms with Gasteiger partial charge in [-0.1, -0.05) is 6.92 Å². The van der Waals surface area contributed by atoms with Crippen LogP contribution in [0.5, 0.6) is 0 Å². The number of nitrogens with two attached hydrogens (primary N) is 2. The van der Waals surface area contributed by atoms with Gasteiger partial charge in [-0.25, -0.2) is 0 Å². The number of primary amides is 1. The first-order chi connectivity index (χ1) is 8.52. The fourth-order valence-electron chi connectivity index (χ4n) is 2.00. The van der Waals surface area contributed by atoms with Gasteiger partial charge in [0, 0.05) is 19.8 Å². The van der Waals surface area contributed by atoms with E-state index in [2.05, 4.69) is 16.6 Å². The highest BCUT2D eigenvalue weighted by Crippen LogP contribution is 2.32. The van der Waals surface area contributed by atoms with Crippen LogP contribution in [0.2, 0.25) is 0 Å². The van der Waals surface area contributed by atoms with Gasteiger partial charge in [-0.2, -0.15) is 4.37 Å². The molecule has 1 aliphatic rings. The average molecular weight is 270 g/mol. The number of amides is 1. The van der Waals surface area contributed by atoms with E-state index < -0.39 is 5.91 Å². The summed E-state index contributed by atoms with van der Waals surface area (Å²) < 4.78 is 9.31. The van der Waals surface area contributed by atoms with E-state index in [0.29, 0.717) is 10.6 Å². The molecule has 1 fully saturated rings. The third kappa shape index (κ3) is 2.73. The lowest BCUT2D eigenvalue weighted by molar-refractivity contribution is 0.0300. The first-order valence-corrected chi connectivity index (χ1v) is 6.66. The minimum absolute atomic E-state index is 0.173. The van der Waals surface area contributed by atoms with Crippen molar-refractivity contribution in [3.8, 4) is 0 Å². The van der Waals surface area contributed by atoms with Crippen LogP contribution < -0.4 is 16.8 Å². The Bertz CT molecular complexity index is 440. The molecule has 2 heterocycles. The predicted octanol–water partition coefficient (Wildman–Crippen LogP) is 1.05. The Morgan fingerprint density at radius 2 is 2.22 bits per heavy atom. The summed E-state index contributed by atoms with van der Waals surface area (Å²) >= 11 is 1.17. The van der Waals surface area contributed by atoms with Crippen LogP contribution in [0.25, 0.3) is 0 Å². The summed E-state index contributed by atoms with van der Waals surface area (Å²) in [6, 6.07) is 0. The molecule has 0 unspecified atom stereocenters. The third-order valence-corrected chi connectivity index (χ3v) is 4.16. The maximum atomic E-state index is 11.3. The van der Waals surface area contributed by atoms with Crippen LogP contribution in [0.4, 0.5) is 10.8 Å². The number of hydrogen-bond acceptors (Lipinski definition) is 6. The number of rotatable bonds is 4. The lowest BCUT2D eigenvalue weighted by atomic mass is 9.82. The number of nitrogens with zero attached hydrogens (tertiary/aromatic N) is 1. The third-order valence-electron chi connectivity index (χ3n) is 3.34. The van der Waals surface area contributed by atoms with E-state index in [1.54, 1.807) is 0 Å². The van der Waals surface area contributed by atoms with Gasteiger partial charge in [-0.05, 0) is 29.8 Å². The fourth-order valence-corrected chi connectivity index (χ4v) is 2.71. The lowest BCUT2D eigenvalue weighted by Gasteiger charge is -2.33. The normalized spacial score (nSPS) is 18.5. The highest BCUT2D eigenvalue weighted by Gasteiger charge is 2.28. The first-order valence-electron chi connectivity index (χ1n) is 5.88. The van der Waals surface area contributed by atoms with Gasteiger partial charge in [0.05, 0.1) is 0 Å². The number of carbonyl (C=O) groups excluding carboxylic acids is 1. The van der Waals surface area contributed by atoms with Crippen molar-refractivity contribution in [3.63, 3.8) is 0 Å². The summed E-state index contributed by atoms with van der Waals surface area (Å²) in [5.41, 5.74) is 11.4. The molecule has 0 spiro atoms. The maximum absolute atomic E-state index is 11.3. The van der Waals surface area contributed by atoms with Crippen molar-refractivity contribution in [3.05, 3.63) is 5.56 Å². The van der Waals surface area contributed by atoms with Gasteiger partial charge < -0.3 is 21.5 Å². The molecule has 0 atom stereocenters. The van der Waals surface area contributed by atoms with E-state index in [4.69, 9.17) is 16.2 Å². The Kier molecular flexibility index (Phi) is 3.72. The van der Waals surface area contributed by atoms with Crippen molar-refractivity contribution in [2.45, 2.75) is 19.8 Å². The number of nitrogen functional groups attached to an aromatic ring is 1. The molecule has 6 nitrogen and oxygen atoms in total. The lowest BCUT2D eigenvalue weighted by Crippen LogP contribution is -2.33. The molecule has 1 saturated heterocycles. The second-order valence-electron chi connectivity index (χ2n) is 4.91. The first kappa shape index (κ1) is 13.1. The van der Waals surface area contributed by atoms with Gasteiger partial charge in [0.25, 0.3) is 5.91 Å². The van der Waals surface area contributed by atoms with Gasteiger partial charge in [0.15, 0.2) is 5.82 Å². The number of hydrogen-bond donors (Lipinski definition) is 3. The van der Waals surface area contributed by atoms with Crippen LogP contribution in [-0.4, -0.2) is 30.0 Å². The van der Waals surface area contributed by atoms with Crippen LogP contribution >= 0.6 is 11.5 Å². The number of ether oxygens (including phenoxy) is 1. The highest BCUT2D eigenvalue weighted by molar-refractivity contribution is 7.11. The van der Waals surface area contributed by atoms with E-state index in [1.807, 2.05) is 0 Å². The van der Waals surface area contributed by atoms with Gasteiger partial charge in [-0.3, -0.25) is 4.79 Å². The SMILES string of the molecule is CC1(CNc2snc(N)c2C(N)=O)CCOCC1. The summed E-state index contributed by atoms with van der Waals surface area (Å²) in [5.74, 6) is -0.340. The van der Waals surface area contributed by atoms with Gasteiger partial charge in [0.1, 0.15) is 10.6 Å². The molecule has 7 heteroatoms. The minimum atomic E-state index is -0.541. The van der Waals surface area contributed by atoms with E-state index in [0.717, 1.165) is 32.6 Å². The Morgan fingerprint density at radius 3 is 2.83 bits per heavy atom. The van der Waals surface area contributed by atoms with Crippen LogP contribution in [-0.2, 0) is 4.74 Å². The summed E-state index contributed by atoms with van der Waals surface area (Å²) in [5, 5.41) is 3.91. The van der Waals surface area contributed by atoms with Gasteiger partial charge >= 0.3 is 0 Å². The molecule has 0 saturated carbocycles. The molecule has 0 bridgehead atoms. The van der Waals surface area contributed by atoms with Gasteiger partial charge in [0.2, 0.25) is 0 Å². The second kappa shape index (κ2) is 5.11. The average Bonchev–Trinajstić information content (AvgIpc) is 2.69. The zero-order chi connectivity index (χ0) is 13.2. The summed E-state index contributed by atoms with van der Waals surface area (Å²) in [7, 11) is 0. The number of carbonyl (C=O) groups is 1. The molecule has 0 aromatic carbocycles. The molecule has 0 radical (unpaired) electrons. The van der Waals surface area contributed by atoms with Crippen molar-refractivity contribution >= 4 is 28.3 Å². The standard InChI is InChI=1S/C11H18N4O2S/c1-11(2-4-17-5-3-11)6-14-10-7(9(13)16)8(12)15-18-10/h14H,2-6H2,1H3,(H2,12,15)(H2,13,16). The van der Waals surface area contributed by atoms with Crippen molar-refractivity contribution in [1.29, 1.82) is 0 Å². The number of aromatic nitrogens is 1. The Morgan fingerprint density at radius 1 is 1.56 bits per heavy atom. The molecule has 1 aromatic rings. The Balaban J connectivity index is 2.04. The van der Waals surface area contributed by atoms with E-state index in [1.165, 1.54) is 11.5 Å². The van der Waals surface area contributed by atoms with Gasteiger partial charge in [-0.15, -0.1) is 0 Å². The van der Waals surface area contributed by atoms with E-state index >= 15 is 0 Å². The fraction of sp³-hybridized carbons (Fsp3) is 0.636. The molecule has 2 rings (SSSR count). The van der Waals surface area contributed by atoms with Crippen LogP contribution in [0.1, 0.15) is 30.1 Å². The van der Waals surface area contributed by atoms with E-state index in [9.17, 15) is 4.79 Å². The highest BCUT2D eigenvalue weighted by atomic mass is 32.1. The Hall–Kier alpha value is -1.34. The zero-order valence-electron chi connectivity index (χ0n) is 10.4. The molecule has 0 aliphatic carbocycles. The molecular formula is C11H18N4O2S. The number of nitrogens with one attached hydrogen (secondary N) is 1. The summed E-state index contributed by atoms with van der Waals surface area (Å²) in [6.45, 7) is 4.53.